The van der Waals surface area contributed by atoms with Crippen LogP contribution in [-0.2, 0) is 14.6 Å². The molecule has 0 bridgehead atoms. The van der Waals surface area contributed by atoms with Crippen molar-refractivity contribution in [3.8, 4) is 0 Å². The second kappa shape index (κ2) is 10.1. The number of rotatable bonds is 4. The van der Waals surface area contributed by atoms with Crippen LogP contribution in [0.25, 0.3) is 0 Å². The minimum absolute atomic E-state index is 0. The maximum Gasteiger partial charge on any atom is 0.175 e. The number of hydrogen-bond donors (Lipinski definition) is 1. The third-order valence-corrected chi connectivity index (χ3v) is 6.04. The molecule has 0 spiro atoms. The summed E-state index contributed by atoms with van der Waals surface area (Å²) in [7, 11) is -3.14. The molecule has 2 saturated heterocycles. The van der Waals surface area contributed by atoms with Crippen molar-refractivity contribution in [1.82, 2.24) is 10.2 Å². The Morgan fingerprint density at radius 3 is 2.16 bits per heavy atom. The molecule has 3 rings (SSSR count). The molecule has 2 heterocycles. The zero-order valence-corrected chi connectivity index (χ0v) is 17.0. The van der Waals surface area contributed by atoms with Gasteiger partial charge in [-0.25, -0.2) is 8.42 Å². The number of benzene rings is 1. The highest BCUT2D eigenvalue weighted by Crippen LogP contribution is 2.35. The molecule has 1 atom stereocenters. The summed E-state index contributed by atoms with van der Waals surface area (Å²) >= 11 is 0. The fraction of sp³-hybridized carbons (Fsp3) is 0.647. The third kappa shape index (κ3) is 5.81. The van der Waals surface area contributed by atoms with Crippen LogP contribution in [0.1, 0.15) is 24.4 Å². The van der Waals surface area contributed by atoms with E-state index in [2.05, 4.69) is 10.2 Å². The van der Waals surface area contributed by atoms with Gasteiger partial charge in [-0.1, -0.05) is 12.1 Å². The Labute approximate surface area is 163 Å². The zero-order chi connectivity index (χ0) is 16.3. The van der Waals surface area contributed by atoms with E-state index in [1.54, 1.807) is 12.1 Å². The van der Waals surface area contributed by atoms with Gasteiger partial charge in [-0.3, -0.25) is 4.90 Å². The first-order chi connectivity index (χ1) is 11.1. The third-order valence-electron chi connectivity index (χ3n) is 4.91. The standard InChI is InChI=1S/C17H26N2O3S.2ClH/c1-23(20,21)16-4-2-14(3-5-16)17(15-6-12-22-13-7-15)19-10-8-18-9-11-19;;/h2-5,15,17-18H,6-13H2,1H3;2*1H/t17-;;/m1../s1. The Morgan fingerprint density at radius 2 is 1.64 bits per heavy atom. The topological polar surface area (TPSA) is 58.6 Å². The Kier molecular flexibility index (Phi) is 9.15. The lowest BCUT2D eigenvalue weighted by molar-refractivity contribution is 0.0213. The highest BCUT2D eigenvalue weighted by Gasteiger charge is 2.31. The predicted molar refractivity (Wildman–Crippen MR) is 105 cm³/mol. The van der Waals surface area contributed by atoms with Crippen LogP contribution in [0.3, 0.4) is 0 Å². The van der Waals surface area contributed by atoms with Gasteiger partial charge in [-0.2, -0.15) is 0 Å². The van der Waals surface area contributed by atoms with Gasteiger partial charge in [-0.05, 0) is 36.5 Å². The van der Waals surface area contributed by atoms with Gasteiger partial charge in [0.05, 0.1) is 4.90 Å². The van der Waals surface area contributed by atoms with Gasteiger partial charge in [0.15, 0.2) is 9.84 Å². The van der Waals surface area contributed by atoms with Crippen LogP contribution in [0.2, 0.25) is 0 Å². The number of piperazine rings is 1. The number of hydrogen-bond acceptors (Lipinski definition) is 5. The van der Waals surface area contributed by atoms with E-state index in [4.69, 9.17) is 4.74 Å². The maximum atomic E-state index is 11.7. The summed E-state index contributed by atoms with van der Waals surface area (Å²) in [4.78, 5) is 2.94. The molecule has 8 heteroatoms. The fourth-order valence-electron chi connectivity index (χ4n) is 3.69. The lowest BCUT2D eigenvalue weighted by Crippen LogP contribution is -2.47. The highest BCUT2D eigenvalue weighted by atomic mass is 35.5. The first-order valence-electron chi connectivity index (χ1n) is 8.38. The first-order valence-corrected chi connectivity index (χ1v) is 10.3. The molecule has 1 aromatic carbocycles. The van der Waals surface area contributed by atoms with E-state index in [-0.39, 0.29) is 24.8 Å². The van der Waals surface area contributed by atoms with Crippen LogP contribution in [-0.4, -0.2) is 59.0 Å². The number of nitrogens with zero attached hydrogens (tertiary/aromatic N) is 1. The summed E-state index contributed by atoms with van der Waals surface area (Å²) in [5.74, 6) is 0.575. The molecule has 5 nitrogen and oxygen atoms in total. The molecular formula is C17H28Cl2N2O3S. The molecular weight excluding hydrogens is 383 g/mol. The second-order valence-electron chi connectivity index (χ2n) is 6.52. The van der Waals surface area contributed by atoms with Crippen LogP contribution in [0, 0.1) is 5.92 Å². The van der Waals surface area contributed by atoms with Crippen molar-refractivity contribution in [2.75, 3.05) is 45.6 Å². The van der Waals surface area contributed by atoms with Gasteiger partial charge in [0.2, 0.25) is 0 Å². The van der Waals surface area contributed by atoms with Crippen molar-refractivity contribution >= 4 is 34.7 Å². The zero-order valence-electron chi connectivity index (χ0n) is 14.5. The van der Waals surface area contributed by atoms with Crippen LogP contribution in [0.15, 0.2) is 29.2 Å². The van der Waals surface area contributed by atoms with Crippen LogP contribution in [0.5, 0.6) is 0 Å². The lowest BCUT2D eigenvalue weighted by Gasteiger charge is -2.41. The summed E-state index contributed by atoms with van der Waals surface area (Å²) in [5.41, 5.74) is 1.23. The van der Waals surface area contributed by atoms with Crippen molar-refractivity contribution in [3.63, 3.8) is 0 Å². The molecule has 1 N–H and O–H groups in total. The number of sulfone groups is 1. The summed E-state index contributed by atoms with van der Waals surface area (Å²) in [6.07, 6.45) is 3.40. The maximum absolute atomic E-state index is 11.7. The Bertz CT molecular complexity index is 595. The monoisotopic (exact) mass is 410 g/mol. The smallest absolute Gasteiger partial charge is 0.175 e. The van der Waals surface area contributed by atoms with E-state index in [9.17, 15) is 8.42 Å². The summed E-state index contributed by atoms with van der Waals surface area (Å²) < 4.78 is 28.9. The van der Waals surface area contributed by atoms with Crippen molar-refractivity contribution in [2.24, 2.45) is 5.92 Å². The molecule has 144 valence electrons. The minimum atomic E-state index is -3.14. The van der Waals surface area contributed by atoms with Crippen LogP contribution >= 0.6 is 24.8 Å². The van der Waals surface area contributed by atoms with E-state index in [0.29, 0.717) is 16.9 Å². The molecule has 0 amide bonds. The molecule has 0 radical (unpaired) electrons. The van der Waals surface area contributed by atoms with E-state index in [1.165, 1.54) is 11.8 Å². The summed E-state index contributed by atoms with van der Waals surface area (Å²) in [6.45, 7) is 5.76. The van der Waals surface area contributed by atoms with Crippen molar-refractivity contribution in [2.45, 2.75) is 23.8 Å². The SMILES string of the molecule is CS(=O)(=O)c1ccc([C@H](C2CCOCC2)N2CCNCC2)cc1.Cl.Cl. The van der Waals surface area contributed by atoms with Crippen LogP contribution in [0.4, 0.5) is 0 Å². The molecule has 0 aliphatic carbocycles. The molecule has 2 aliphatic heterocycles. The van der Waals surface area contributed by atoms with Crippen molar-refractivity contribution < 1.29 is 13.2 Å². The normalized spacial score (nSPS) is 21.0. The lowest BCUT2D eigenvalue weighted by atomic mass is 9.85. The Morgan fingerprint density at radius 1 is 1.08 bits per heavy atom. The summed E-state index contributed by atoms with van der Waals surface area (Å²) in [6, 6.07) is 7.85. The largest absolute Gasteiger partial charge is 0.381 e. The molecule has 2 fully saturated rings. The van der Waals surface area contributed by atoms with E-state index in [1.807, 2.05) is 12.1 Å². The molecule has 0 unspecified atom stereocenters. The molecule has 2 aliphatic rings. The number of halogens is 2. The van der Waals surface area contributed by atoms with Crippen LogP contribution < -0.4 is 5.32 Å². The van der Waals surface area contributed by atoms with Crippen molar-refractivity contribution in [1.29, 1.82) is 0 Å². The van der Waals surface area contributed by atoms with E-state index in [0.717, 1.165) is 52.2 Å². The van der Waals surface area contributed by atoms with E-state index < -0.39 is 9.84 Å². The minimum Gasteiger partial charge on any atom is -0.381 e. The van der Waals surface area contributed by atoms with Gasteiger partial charge in [0.1, 0.15) is 0 Å². The summed E-state index contributed by atoms with van der Waals surface area (Å²) in [5, 5.41) is 3.41. The second-order valence-corrected chi connectivity index (χ2v) is 8.54. The molecule has 0 saturated carbocycles. The Hall–Kier alpha value is -0.370. The fourth-order valence-corrected chi connectivity index (χ4v) is 4.32. The van der Waals surface area contributed by atoms with Gasteiger partial charge in [0, 0.05) is 51.7 Å². The van der Waals surface area contributed by atoms with Gasteiger partial charge >= 0.3 is 0 Å². The van der Waals surface area contributed by atoms with Crippen molar-refractivity contribution in [3.05, 3.63) is 29.8 Å². The Balaban J connectivity index is 0.00000156. The highest BCUT2D eigenvalue weighted by molar-refractivity contribution is 7.90. The predicted octanol–water partition coefficient (Wildman–Crippen LogP) is 2.31. The molecule has 25 heavy (non-hydrogen) atoms. The quantitative estimate of drug-likeness (QED) is 0.824. The molecule has 0 aromatic heterocycles. The first kappa shape index (κ1) is 22.7. The molecule has 1 aromatic rings. The number of ether oxygens (including phenoxy) is 1. The van der Waals surface area contributed by atoms with Gasteiger partial charge in [-0.15, -0.1) is 24.8 Å². The number of nitrogens with one attached hydrogen (secondary N) is 1. The average molecular weight is 411 g/mol. The van der Waals surface area contributed by atoms with Gasteiger partial charge < -0.3 is 10.1 Å². The average Bonchev–Trinajstić information content (AvgIpc) is 2.57. The van der Waals surface area contributed by atoms with Gasteiger partial charge in [0.25, 0.3) is 0 Å². The van der Waals surface area contributed by atoms with E-state index >= 15 is 0 Å².